The van der Waals surface area contributed by atoms with E-state index >= 15 is 0 Å². The highest BCUT2D eigenvalue weighted by Crippen LogP contribution is 2.64. The first-order valence-corrected chi connectivity index (χ1v) is 12.0. The minimum absolute atomic E-state index is 0.0888. The highest BCUT2D eigenvalue weighted by molar-refractivity contribution is 7.99. The molecule has 0 heterocycles. The van der Waals surface area contributed by atoms with Crippen molar-refractivity contribution in [2.24, 2.45) is 0 Å². The van der Waals surface area contributed by atoms with Gasteiger partial charge in [-0.25, -0.2) is 0 Å². The Kier molecular flexibility index (Phi) is 9.73. The second-order valence-electron chi connectivity index (χ2n) is 8.46. The molecule has 19 heteroatoms. The minimum atomic E-state index is -8.63. The molecule has 2 aromatic carbocycles. The van der Waals surface area contributed by atoms with Crippen molar-refractivity contribution < 1.29 is 79.4 Å². The first-order valence-electron chi connectivity index (χ1n) is 10.9. The first-order chi connectivity index (χ1) is 18.8. The molecule has 1 nitrogen and oxygen atoms in total. The Balaban J connectivity index is 2.16. The fraction of sp³-hybridized carbons (Fsp3) is 0.478. The van der Waals surface area contributed by atoms with E-state index in [-0.39, 0.29) is 17.5 Å². The van der Waals surface area contributed by atoms with E-state index in [0.717, 1.165) is 0 Å². The predicted molar refractivity (Wildman–Crippen MR) is 115 cm³/mol. The van der Waals surface area contributed by atoms with Crippen LogP contribution in [0.1, 0.15) is 6.42 Å². The van der Waals surface area contributed by atoms with Gasteiger partial charge < -0.3 is 4.74 Å². The summed E-state index contributed by atoms with van der Waals surface area (Å²) in [5.41, 5.74) is 1.31. The summed E-state index contributed by atoms with van der Waals surface area (Å²) in [5, 5.41) is 0. The van der Waals surface area contributed by atoms with Crippen molar-refractivity contribution in [2.45, 2.75) is 54.1 Å². The second-order valence-corrected chi connectivity index (χ2v) is 9.52. The Bertz CT molecular complexity index is 1190. The lowest BCUT2D eigenvalue weighted by atomic mass is 9.88. The van der Waals surface area contributed by atoms with E-state index in [1.54, 1.807) is 36.4 Å². The fourth-order valence-electron chi connectivity index (χ4n) is 3.12. The van der Waals surface area contributed by atoms with Crippen LogP contribution in [0.15, 0.2) is 54.6 Å². The second kappa shape index (κ2) is 11.5. The average Bonchev–Trinajstić information content (AvgIpc) is 2.87. The average molecular weight is 662 g/mol. The number of halogens is 17. The molecular formula is C23H15F17OS. The molecule has 2 rings (SSSR count). The first kappa shape index (κ1) is 35.6. The molecule has 2 aromatic rings. The third kappa shape index (κ3) is 5.93. The van der Waals surface area contributed by atoms with E-state index in [1.165, 1.54) is 18.2 Å². The molecule has 0 N–H and O–H groups in total. The number of hydrogen-bond donors (Lipinski definition) is 0. The summed E-state index contributed by atoms with van der Waals surface area (Å²) in [6, 6.07) is 14.4. The van der Waals surface area contributed by atoms with Crippen LogP contribution in [0, 0.1) is 0 Å². The predicted octanol–water partition coefficient (Wildman–Crippen LogP) is 9.82. The summed E-state index contributed by atoms with van der Waals surface area (Å²) >= 11 is 0.166. The van der Waals surface area contributed by atoms with E-state index in [4.69, 9.17) is 4.74 Å². The van der Waals surface area contributed by atoms with Gasteiger partial charge in [0, 0.05) is 12.2 Å². The zero-order valence-corrected chi connectivity index (χ0v) is 20.9. The Morgan fingerprint density at radius 3 is 1.45 bits per heavy atom. The van der Waals surface area contributed by atoms with Crippen molar-refractivity contribution in [1.29, 1.82) is 0 Å². The minimum Gasteiger partial charge on any atom is -0.483 e. The van der Waals surface area contributed by atoms with Crippen molar-refractivity contribution in [3.8, 4) is 16.9 Å². The molecule has 0 amide bonds. The zero-order valence-electron chi connectivity index (χ0n) is 20.1. The summed E-state index contributed by atoms with van der Waals surface area (Å²) in [6.45, 7) is 0. The normalized spacial score (nSPS) is 14.7. The maximum Gasteiger partial charge on any atom is 0.460 e. The molecule has 0 spiro atoms. The molecule has 0 bridgehead atoms. The lowest BCUT2D eigenvalue weighted by Crippen LogP contribution is -2.74. The van der Waals surface area contributed by atoms with Crippen LogP contribution in [0.4, 0.5) is 74.6 Å². The van der Waals surface area contributed by atoms with E-state index in [1.807, 2.05) is 0 Å². The Labute approximate surface area is 229 Å². The maximum atomic E-state index is 13.9. The van der Waals surface area contributed by atoms with Crippen molar-refractivity contribution >= 4 is 11.8 Å². The highest BCUT2D eigenvalue weighted by Gasteiger charge is 2.95. The largest absolute Gasteiger partial charge is 0.483 e. The summed E-state index contributed by atoms with van der Waals surface area (Å²) < 4.78 is 231. The molecule has 0 saturated heterocycles. The molecule has 238 valence electrons. The van der Waals surface area contributed by atoms with E-state index < -0.39 is 65.7 Å². The van der Waals surface area contributed by atoms with E-state index in [9.17, 15) is 74.6 Å². The number of benzene rings is 2. The van der Waals surface area contributed by atoms with Gasteiger partial charge in [-0.2, -0.15) is 74.6 Å². The van der Waals surface area contributed by atoms with Gasteiger partial charge >= 0.3 is 47.6 Å². The van der Waals surface area contributed by atoms with Crippen LogP contribution >= 0.6 is 11.8 Å². The monoisotopic (exact) mass is 662 g/mol. The van der Waals surface area contributed by atoms with Crippen molar-refractivity contribution in [1.82, 2.24) is 0 Å². The summed E-state index contributed by atoms with van der Waals surface area (Å²) in [4.78, 5) is 0. The van der Waals surface area contributed by atoms with E-state index in [0.29, 0.717) is 11.1 Å². The highest BCUT2D eigenvalue weighted by atomic mass is 32.2. The molecule has 0 aliphatic rings. The van der Waals surface area contributed by atoms with Gasteiger partial charge in [0.1, 0.15) is 11.7 Å². The van der Waals surface area contributed by atoms with Gasteiger partial charge in [0.25, 0.3) is 0 Å². The van der Waals surface area contributed by atoms with Crippen LogP contribution in [0.25, 0.3) is 11.1 Å². The summed E-state index contributed by atoms with van der Waals surface area (Å²) in [5.74, 6) is -58.1. The van der Waals surface area contributed by atoms with Gasteiger partial charge in [0.15, 0.2) is 0 Å². The van der Waals surface area contributed by atoms with Gasteiger partial charge in [-0.3, -0.25) is 0 Å². The van der Waals surface area contributed by atoms with Gasteiger partial charge in [-0.1, -0.05) is 42.5 Å². The molecule has 0 aliphatic carbocycles. The number of ether oxygens (including phenoxy) is 1. The Morgan fingerprint density at radius 2 is 0.952 bits per heavy atom. The smallest absolute Gasteiger partial charge is 0.460 e. The van der Waals surface area contributed by atoms with Crippen molar-refractivity contribution in [2.75, 3.05) is 11.7 Å². The number of rotatable bonds is 13. The summed E-state index contributed by atoms with van der Waals surface area (Å²) in [7, 11) is 0. The van der Waals surface area contributed by atoms with Crippen molar-refractivity contribution in [3.05, 3.63) is 54.6 Å². The third-order valence-corrected chi connectivity index (χ3v) is 6.37. The fourth-order valence-corrected chi connectivity index (χ4v) is 3.86. The number of hydrogen-bond acceptors (Lipinski definition) is 2. The van der Waals surface area contributed by atoms with Crippen LogP contribution in [0.5, 0.6) is 5.75 Å². The molecule has 0 fully saturated rings. The van der Waals surface area contributed by atoms with Gasteiger partial charge in [-0.15, -0.1) is 11.8 Å². The van der Waals surface area contributed by atoms with Crippen LogP contribution in [-0.2, 0) is 0 Å². The molecule has 0 saturated carbocycles. The molecule has 0 unspecified atom stereocenters. The molecule has 42 heavy (non-hydrogen) atoms. The summed E-state index contributed by atoms with van der Waals surface area (Å²) in [6.07, 6.45) is -10.3. The van der Waals surface area contributed by atoms with Gasteiger partial charge in [0.2, 0.25) is 0 Å². The molecular weight excluding hydrogens is 647 g/mol. The number of alkyl halides is 17. The lowest BCUT2D eigenvalue weighted by Gasteiger charge is -2.42. The van der Waals surface area contributed by atoms with Crippen LogP contribution in [0.2, 0.25) is 0 Å². The van der Waals surface area contributed by atoms with Crippen LogP contribution in [0.3, 0.4) is 0 Å². The van der Waals surface area contributed by atoms with Crippen molar-refractivity contribution in [3.63, 3.8) is 0 Å². The zero-order chi connectivity index (χ0) is 32.6. The topological polar surface area (TPSA) is 9.23 Å². The van der Waals surface area contributed by atoms with Gasteiger partial charge in [-0.05, 0) is 23.3 Å². The van der Waals surface area contributed by atoms with E-state index in [2.05, 4.69) is 0 Å². The van der Waals surface area contributed by atoms with Crippen LogP contribution < -0.4 is 4.74 Å². The SMILES string of the molecule is FC(F)(F)C(F)(F)C(F)(F)C(F)(F)C(F)(F)C(F)(F)C(F)(F)C(F)(F)CCSCOc1cccc(-c2ccccc2)c1. The molecule has 0 radical (unpaired) electrons. The number of thioether (sulfide) groups is 1. The van der Waals surface area contributed by atoms with Gasteiger partial charge in [0.05, 0.1) is 0 Å². The quantitative estimate of drug-likeness (QED) is 0.120. The molecule has 0 aromatic heterocycles. The molecule has 0 atom stereocenters. The van der Waals surface area contributed by atoms with Crippen LogP contribution in [-0.4, -0.2) is 59.3 Å². The third-order valence-electron chi connectivity index (χ3n) is 5.60. The molecule has 0 aliphatic heterocycles. The Morgan fingerprint density at radius 1 is 0.500 bits per heavy atom. The standard InChI is InChI=1S/C23H15F17OS/c24-16(25,9-10-42-12-41-15-8-4-7-14(11-15)13-5-2-1-3-6-13)17(26,27)18(28,29)19(30,31)20(32,33)21(34,35)22(36,37)23(38,39)40/h1-8,11H,9-10,12H2. The lowest BCUT2D eigenvalue weighted by molar-refractivity contribution is -0.461. The Hall–Kier alpha value is -2.60. The maximum absolute atomic E-state index is 13.9.